The highest BCUT2D eigenvalue weighted by molar-refractivity contribution is 9.10. The number of hydrogen-bond acceptors (Lipinski definition) is 5. The van der Waals surface area contributed by atoms with Crippen molar-refractivity contribution in [2.45, 2.75) is 24.2 Å². The molecule has 3 aromatic rings. The van der Waals surface area contributed by atoms with Crippen molar-refractivity contribution in [3.8, 4) is 5.75 Å². The molecule has 1 aliphatic rings. The number of piperazine rings is 1. The van der Waals surface area contributed by atoms with Gasteiger partial charge in [-0.05, 0) is 67.3 Å². The van der Waals surface area contributed by atoms with Crippen LogP contribution in [-0.4, -0.2) is 64.2 Å². The summed E-state index contributed by atoms with van der Waals surface area (Å²) in [4.78, 5) is 5.95. The molecule has 0 saturated carbocycles. The van der Waals surface area contributed by atoms with Gasteiger partial charge in [-0.2, -0.15) is 0 Å². The number of aromatic amines is 1. The molecule has 1 fully saturated rings. The largest absolute Gasteiger partial charge is 0.494 e. The lowest BCUT2D eigenvalue weighted by Gasteiger charge is -2.26. The highest BCUT2D eigenvalue weighted by Gasteiger charge is 2.14. The lowest BCUT2D eigenvalue weighted by Crippen LogP contribution is -2.43. The summed E-state index contributed by atoms with van der Waals surface area (Å²) < 4.78 is 34.8. The van der Waals surface area contributed by atoms with Crippen LogP contribution in [0.5, 0.6) is 5.75 Å². The van der Waals surface area contributed by atoms with Crippen molar-refractivity contribution in [2.24, 2.45) is 0 Å². The molecule has 0 amide bonds. The Morgan fingerprint density at radius 3 is 2.64 bits per heavy atom. The van der Waals surface area contributed by atoms with Crippen molar-refractivity contribution < 1.29 is 13.2 Å². The van der Waals surface area contributed by atoms with E-state index in [1.165, 1.54) is 5.56 Å². The predicted molar refractivity (Wildman–Crippen MR) is 135 cm³/mol. The molecule has 0 unspecified atom stereocenters. The van der Waals surface area contributed by atoms with E-state index in [1.807, 2.05) is 18.3 Å². The summed E-state index contributed by atoms with van der Waals surface area (Å²) in [5.41, 5.74) is 2.27. The van der Waals surface area contributed by atoms with E-state index in [2.05, 4.69) is 41.9 Å². The van der Waals surface area contributed by atoms with Crippen molar-refractivity contribution in [3.05, 3.63) is 58.7 Å². The lowest BCUT2D eigenvalue weighted by atomic mass is 10.1. The van der Waals surface area contributed by atoms with Crippen LogP contribution in [0.1, 0.15) is 18.4 Å². The number of sulfonamides is 1. The first kappa shape index (κ1) is 24.2. The van der Waals surface area contributed by atoms with E-state index in [9.17, 15) is 8.42 Å². The number of hydrogen-bond donors (Lipinski definition) is 3. The van der Waals surface area contributed by atoms with E-state index in [0.717, 1.165) is 60.9 Å². The van der Waals surface area contributed by atoms with Gasteiger partial charge in [0.1, 0.15) is 5.75 Å². The average Bonchev–Trinajstić information content (AvgIpc) is 3.22. The maximum absolute atomic E-state index is 12.6. The number of ether oxygens (including phenoxy) is 1. The summed E-state index contributed by atoms with van der Waals surface area (Å²) in [5, 5.41) is 4.51. The molecule has 2 aromatic carbocycles. The van der Waals surface area contributed by atoms with Crippen LogP contribution in [0.15, 0.2) is 58.0 Å². The molecule has 9 heteroatoms. The Balaban J connectivity index is 1.20. The van der Waals surface area contributed by atoms with Gasteiger partial charge in [0.2, 0.25) is 10.0 Å². The summed E-state index contributed by atoms with van der Waals surface area (Å²) in [6.45, 7) is 6.29. The quantitative estimate of drug-likeness (QED) is 0.327. The molecule has 1 aromatic heterocycles. The van der Waals surface area contributed by atoms with Gasteiger partial charge in [-0.1, -0.05) is 15.9 Å². The summed E-state index contributed by atoms with van der Waals surface area (Å²) in [6.07, 6.45) is 4.45. The van der Waals surface area contributed by atoms with Gasteiger partial charge in [0, 0.05) is 60.8 Å². The zero-order valence-corrected chi connectivity index (χ0v) is 21.1. The standard InChI is InChI=1S/C24H31BrN4O3S/c25-20-4-9-24-23(17-20)19(18-27-24)3-1-10-28-33(30,31)22-7-5-21(6-8-22)32-16-2-13-29-14-11-26-12-15-29/h4-9,17-18,26-28H,1-3,10-16H2. The summed E-state index contributed by atoms with van der Waals surface area (Å²) >= 11 is 3.51. The van der Waals surface area contributed by atoms with Crippen LogP contribution in [0.4, 0.5) is 0 Å². The zero-order chi connectivity index (χ0) is 23.1. The van der Waals surface area contributed by atoms with Crippen LogP contribution in [0.2, 0.25) is 0 Å². The molecule has 7 nitrogen and oxygen atoms in total. The molecule has 0 spiro atoms. The summed E-state index contributed by atoms with van der Waals surface area (Å²) in [7, 11) is -3.54. The Morgan fingerprint density at radius 1 is 1.06 bits per heavy atom. The average molecular weight is 536 g/mol. The third kappa shape index (κ3) is 6.80. The number of benzene rings is 2. The fourth-order valence-electron chi connectivity index (χ4n) is 4.05. The van der Waals surface area contributed by atoms with E-state index in [4.69, 9.17) is 4.74 Å². The van der Waals surface area contributed by atoms with Crippen LogP contribution in [0, 0.1) is 0 Å². The second-order valence-electron chi connectivity index (χ2n) is 8.27. The molecule has 4 rings (SSSR count). The summed E-state index contributed by atoms with van der Waals surface area (Å²) in [6, 6.07) is 12.8. The number of rotatable bonds is 11. The lowest BCUT2D eigenvalue weighted by molar-refractivity contribution is 0.214. The Labute approximate surface area is 204 Å². The SMILES string of the molecule is O=S(=O)(NCCCc1c[nH]c2ccc(Br)cc12)c1ccc(OCCCN2CCNCC2)cc1. The van der Waals surface area contributed by atoms with Gasteiger partial charge in [-0.3, -0.25) is 0 Å². The van der Waals surface area contributed by atoms with Crippen molar-refractivity contribution in [1.29, 1.82) is 0 Å². The minimum absolute atomic E-state index is 0.256. The molecule has 0 bridgehead atoms. The van der Waals surface area contributed by atoms with E-state index in [1.54, 1.807) is 24.3 Å². The molecule has 178 valence electrons. The van der Waals surface area contributed by atoms with Crippen LogP contribution in [0.25, 0.3) is 10.9 Å². The van der Waals surface area contributed by atoms with Gasteiger partial charge in [-0.25, -0.2) is 13.1 Å². The van der Waals surface area contributed by atoms with Crippen molar-refractivity contribution >= 4 is 36.9 Å². The molecular weight excluding hydrogens is 504 g/mol. The second kappa shape index (κ2) is 11.5. The number of H-pyrrole nitrogens is 1. The van der Waals surface area contributed by atoms with Gasteiger partial charge < -0.3 is 19.9 Å². The molecule has 2 heterocycles. The zero-order valence-electron chi connectivity index (χ0n) is 18.6. The first-order valence-corrected chi connectivity index (χ1v) is 13.7. The van der Waals surface area contributed by atoms with Crippen LogP contribution in [-0.2, 0) is 16.4 Å². The van der Waals surface area contributed by atoms with Crippen LogP contribution >= 0.6 is 15.9 Å². The number of fused-ring (bicyclic) bond motifs is 1. The number of nitrogens with one attached hydrogen (secondary N) is 3. The first-order chi connectivity index (χ1) is 16.0. The van der Waals surface area contributed by atoms with Gasteiger partial charge in [0.15, 0.2) is 0 Å². The monoisotopic (exact) mass is 534 g/mol. The van der Waals surface area contributed by atoms with Gasteiger partial charge >= 0.3 is 0 Å². The number of aromatic nitrogens is 1. The van der Waals surface area contributed by atoms with E-state index >= 15 is 0 Å². The Hall–Kier alpha value is -1.91. The maximum Gasteiger partial charge on any atom is 0.240 e. The molecule has 0 aliphatic carbocycles. The Bertz CT molecular complexity index is 1140. The van der Waals surface area contributed by atoms with Crippen molar-refractivity contribution in [3.63, 3.8) is 0 Å². The fraction of sp³-hybridized carbons (Fsp3) is 0.417. The molecular formula is C24H31BrN4O3S. The minimum atomic E-state index is -3.54. The van der Waals surface area contributed by atoms with Gasteiger partial charge in [0.25, 0.3) is 0 Å². The fourth-order valence-corrected chi connectivity index (χ4v) is 5.49. The molecule has 0 atom stereocenters. The Morgan fingerprint density at radius 2 is 1.85 bits per heavy atom. The van der Waals surface area contributed by atoms with Crippen LogP contribution in [0.3, 0.4) is 0 Å². The van der Waals surface area contributed by atoms with Crippen molar-refractivity contribution in [1.82, 2.24) is 19.9 Å². The second-order valence-corrected chi connectivity index (χ2v) is 11.0. The predicted octanol–water partition coefficient (Wildman–Crippen LogP) is 3.52. The van der Waals surface area contributed by atoms with E-state index in [0.29, 0.717) is 25.3 Å². The van der Waals surface area contributed by atoms with Gasteiger partial charge in [-0.15, -0.1) is 0 Å². The summed E-state index contributed by atoms with van der Waals surface area (Å²) in [5.74, 6) is 0.694. The van der Waals surface area contributed by atoms with Crippen molar-refractivity contribution in [2.75, 3.05) is 45.9 Å². The Kier molecular flexibility index (Phi) is 8.43. The highest BCUT2D eigenvalue weighted by Crippen LogP contribution is 2.23. The van der Waals surface area contributed by atoms with E-state index in [-0.39, 0.29) is 4.90 Å². The molecule has 1 aliphatic heterocycles. The molecule has 33 heavy (non-hydrogen) atoms. The molecule has 1 saturated heterocycles. The third-order valence-electron chi connectivity index (χ3n) is 5.88. The third-order valence-corrected chi connectivity index (χ3v) is 7.85. The number of halogens is 1. The first-order valence-electron chi connectivity index (χ1n) is 11.4. The minimum Gasteiger partial charge on any atom is -0.494 e. The smallest absolute Gasteiger partial charge is 0.240 e. The molecule has 3 N–H and O–H groups in total. The normalized spacial score (nSPS) is 15.2. The molecule has 0 radical (unpaired) electrons. The highest BCUT2D eigenvalue weighted by atomic mass is 79.9. The van der Waals surface area contributed by atoms with E-state index < -0.39 is 10.0 Å². The topological polar surface area (TPSA) is 86.5 Å². The number of nitrogens with zero attached hydrogens (tertiary/aromatic N) is 1. The number of aryl methyl sites for hydroxylation is 1. The van der Waals surface area contributed by atoms with Crippen LogP contribution < -0.4 is 14.8 Å². The van der Waals surface area contributed by atoms with Gasteiger partial charge in [0.05, 0.1) is 11.5 Å². The maximum atomic E-state index is 12.6.